The second kappa shape index (κ2) is 7.62. The molecule has 20 heavy (non-hydrogen) atoms. The SMILES string of the molecule is CNCc1cn(CCOCc2cccc(OC)c2)nn1. The molecule has 0 aliphatic rings. The Morgan fingerprint density at radius 3 is 3.05 bits per heavy atom. The van der Waals surface area contributed by atoms with Gasteiger partial charge in [-0.05, 0) is 24.7 Å². The summed E-state index contributed by atoms with van der Waals surface area (Å²) >= 11 is 0. The van der Waals surface area contributed by atoms with Gasteiger partial charge in [-0.1, -0.05) is 17.3 Å². The number of rotatable bonds is 8. The van der Waals surface area contributed by atoms with E-state index in [4.69, 9.17) is 9.47 Å². The first-order valence-corrected chi connectivity index (χ1v) is 6.56. The number of aromatic nitrogens is 3. The summed E-state index contributed by atoms with van der Waals surface area (Å²) in [6.45, 7) is 2.58. The number of methoxy groups -OCH3 is 1. The van der Waals surface area contributed by atoms with Crippen molar-refractivity contribution in [2.24, 2.45) is 0 Å². The van der Waals surface area contributed by atoms with E-state index in [1.807, 2.05) is 37.5 Å². The Bertz CT molecular complexity index is 527. The maximum absolute atomic E-state index is 5.63. The summed E-state index contributed by atoms with van der Waals surface area (Å²) in [5, 5.41) is 11.1. The van der Waals surface area contributed by atoms with Gasteiger partial charge in [0.2, 0.25) is 0 Å². The lowest BCUT2D eigenvalue weighted by Crippen LogP contribution is -2.07. The zero-order valence-corrected chi connectivity index (χ0v) is 11.9. The predicted octanol–water partition coefficient (Wildman–Crippen LogP) is 1.22. The lowest BCUT2D eigenvalue weighted by molar-refractivity contribution is 0.110. The van der Waals surface area contributed by atoms with Crippen LogP contribution in [-0.4, -0.2) is 35.8 Å². The van der Waals surface area contributed by atoms with E-state index in [0.29, 0.717) is 19.8 Å². The molecule has 0 saturated carbocycles. The van der Waals surface area contributed by atoms with Crippen molar-refractivity contribution in [1.29, 1.82) is 0 Å². The van der Waals surface area contributed by atoms with E-state index in [0.717, 1.165) is 23.6 Å². The van der Waals surface area contributed by atoms with Gasteiger partial charge in [0.05, 0.1) is 32.6 Å². The quantitative estimate of drug-likeness (QED) is 0.735. The van der Waals surface area contributed by atoms with Crippen molar-refractivity contribution < 1.29 is 9.47 Å². The Labute approximate surface area is 118 Å². The van der Waals surface area contributed by atoms with Gasteiger partial charge in [-0.25, -0.2) is 4.68 Å². The van der Waals surface area contributed by atoms with E-state index in [-0.39, 0.29) is 0 Å². The first kappa shape index (κ1) is 14.5. The summed E-state index contributed by atoms with van der Waals surface area (Å²) in [6, 6.07) is 7.87. The van der Waals surface area contributed by atoms with E-state index >= 15 is 0 Å². The summed E-state index contributed by atoms with van der Waals surface area (Å²) in [6.07, 6.45) is 1.92. The van der Waals surface area contributed by atoms with Crippen molar-refractivity contribution in [1.82, 2.24) is 20.3 Å². The molecule has 2 aromatic rings. The van der Waals surface area contributed by atoms with Crippen LogP contribution in [-0.2, 0) is 24.4 Å². The molecule has 0 aliphatic heterocycles. The second-order valence-corrected chi connectivity index (χ2v) is 4.41. The first-order chi connectivity index (χ1) is 9.81. The maximum atomic E-state index is 5.63. The molecular weight excluding hydrogens is 256 g/mol. The molecule has 1 aromatic heterocycles. The van der Waals surface area contributed by atoms with Gasteiger partial charge in [-0.15, -0.1) is 5.10 Å². The monoisotopic (exact) mass is 276 g/mol. The van der Waals surface area contributed by atoms with Gasteiger partial charge in [0.25, 0.3) is 0 Å². The molecule has 1 aromatic carbocycles. The lowest BCUT2D eigenvalue weighted by atomic mass is 10.2. The van der Waals surface area contributed by atoms with E-state index < -0.39 is 0 Å². The number of ether oxygens (including phenoxy) is 2. The Morgan fingerprint density at radius 2 is 2.25 bits per heavy atom. The highest BCUT2D eigenvalue weighted by atomic mass is 16.5. The zero-order valence-electron chi connectivity index (χ0n) is 11.9. The minimum atomic E-state index is 0.565. The van der Waals surface area contributed by atoms with Gasteiger partial charge in [-0.2, -0.15) is 0 Å². The fourth-order valence-electron chi connectivity index (χ4n) is 1.82. The van der Waals surface area contributed by atoms with Gasteiger partial charge in [0.15, 0.2) is 0 Å². The van der Waals surface area contributed by atoms with Crippen LogP contribution >= 0.6 is 0 Å². The fraction of sp³-hybridized carbons (Fsp3) is 0.429. The van der Waals surface area contributed by atoms with Gasteiger partial charge in [-0.3, -0.25) is 0 Å². The van der Waals surface area contributed by atoms with Crippen molar-refractivity contribution in [3.8, 4) is 5.75 Å². The molecule has 0 amide bonds. The zero-order chi connectivity index (χ0) is 14.2. The van der Waals surface area contributed by atoms with Crippen molar-refractivity contribution in [3.05, 3.63) is 41.7 Å². The van der Waals surface area contributed by atoms with Crippen molar-refractivity contribution >= 4 is 0 Å². The van der Waals surface area contributed by atoms with E-state index in [9.17, 15) is 0 Å². The normalized spacial score (nSPS) is 10.7. The highest BCUT2D eigenvalue weighted by Gasteiger charge is 2.00. The highest BCUT2D eigenvalue weighted by Crippen LogP contribution is 2.13. The third kappa shape index (κ3) is 4.32. The van der Waals surface area contributed by atoms with Crippen LogP contribution < -0.4 is 10.1 Å². The number of hydrogen-bond acceptors (Lipinski definition) is 5. The predicted molar refractivity (Wildman–Crippen MR) is 75.4 cm³/mol. The molecule has 0 unspecified atom stereocenters. The third-order valence-corrected chi connectivity index (χ3v) is 2.81. The molecule has 0 saturated heterocycles. The topological polar surface area (TPSA) is 61.2 Å². The maximum Gasteiger partial charge on any atom is 0.119 e. The Morgan fingerprint density at radius 1 is 1.35 bits per heavy atom. The summed E-state index contributed by atoms with van der Waals surface area (Å²) in [5.74, 6) is 0.846. The summed E-state index contributed by atoms with van der Waals surface area (Å²) in [4.78, 5) is 0. The fourth-order valence-corrected chi connectivity index (χ4v) is 1.82. The Kier molecular flexibility index (Phi) is 5.52. The molecule has 0 fully saturated rings. The molecule has 1 heterocycles. The van der Waals surface area contributed by atoms with Crippen LogP contribution in [0.4, 0.5) is 0 Å². The molecule has 1 N–H and O–H groups in total. The van der Waals surface area contributed by atoms with Crippen LogP contribution in [0, 0.1) is 0 Å². The molecule has 0 bridgehead atoms. The molecule has 108 valence electrons. The molecule has 6 heteroatoms. The second-order valence-electron chi connectivity index (χ2n) is 4.41. The van der Waals surface area contributed by atoms with Crippen LogP contribution in [0.1, 0.15) is 11.3 Å². The summed E-state index contributed by atoms with van der Waals surface area (Å²) in [7, 11) is 3.55. The van der Waals surface area contributed by atoms with E-state index in [2.05, 4.69) is 15.6 Å². The molecular formula is C14H20N4O2. The third-order valence-electron chi connectivity index (χ3n) is 2.81. The summed E-state index contributed by atoms with van der Waals surface area (Å²) < 4.78 is 12.6. The van der Waals surface area contributed by atoms with Gasteiger partial charge >= 0.3 is 0 Å². The largest absolute Gasteiger partial charge is 0.497 e. The average Bonchev–Trinajstić information content (AvgIpc) is 2.92. The van der Waals surface area contributed by atoms with Crippen LogP contribution in [0.2, 0.25) is 0 Å². The average molecular weight is 276 g/mol. The smallest absolute Gasteiger partial charge is 0.119 e. The minimum absolute atomic E-state index is 0.565. The molecule has 0 atom stereocenters. The van der Waals surface area contributed by atoms with Crippen LogP contribution in [0.25, 0.3) is 0 Å². The number of nitrogens with zero attached hydrogens (tertiary/aromatic N) is 3. The Balaban J connectivity index is 1.72. The Hall–Kier alpha value is -1.92. The van der Waals surface area contributed by atoms with Crippen LogP contribution in [0.5, 0.6) is 5.75 Å². The standard InChI is InChI=1S/C14H20N4O2/c1-15-9-13-10-18(17-16-13)6-7-20-11-12-4-3-5-14(8-12)19-2/h3-5,8,10,15H,6-7,9,11H2,1-2H3. The number of benzene rings is 1. The van der Waals surface area contributed by atoms with Gasteiger partial charge < -0.3 is 14.8 Å². The van der Waals surface area contributed by atoms with Crippen LogP contribution in [0.3, 0.4) is 0 Å². The molecule has 0 spiro atoms. The summed E-state index contributed by atoms with van der Waals surface area (Å²) in [5.41, 5.74) is 2.03. The van der Waals surface area contributed by atoms with Gasteiger partial charge in [0.1, 0.15) is 5.75 Å². The number of hydrogen-bond donors (Lipinski definition) is 1. The first-order valence-electron chi connectivity index (χ1n) is 6.56. The van der Waals surface area contributed by atoms with Gasteiger partial charge in [0, 0.05) is 12.7 Å². The molecule has 2 rings (SSSR count). The molecule has 0 radical (unpaired) electrons. The van der Waals surface area contributed by atoms with E-state index in [1.54, 1.807) is 11.8 Å². The lowest BCUT2D eigenvalue weighted by Gasteiger charge is -2.06. The minimum Gasteiger partial charge on any atom is -0.497 e. The molecule has 6 nitrogen and oxygen atoms in total. The van der Waals surface area contributed by atoms with Crippen molar-refractivity contribution in [3.63, 3.8) is 0 Å². The van der Waals surface area contributed by atoms with E-state index in [1.165, 1.54) is 0 Å². The highest BCUT2D eigenvalue weighted by molar-refractivity contribution is 5.27. The molecule has 0 aliphatic carbocycles. The number of nitrogens with one attached hydrogen (secondary N) is 1. The van der Waals surface area contributed by atoms with Crippen LogP contribution in [0.15, 0.2) is 30.5 Å². The van der Waals surface area contributed by atoms with Crippen molar-refractivity contribution in [2.45, 2.75) is 19.7 Å². The van der Waals surface area contributed by atoms with Crippen molar-refractivity contribution in [2.75, 3.05) is 20.8 Å².